The smallest absolute Gasteiger partial charge is 0.194 e. The van der Waals surface area contributed by atoms with Gasteiger partial charge in [-0.25, -0.2) is 4.98 Å². The lowest BCUT2D eigenvalue weighted by atomic mass is 9.97. The average molecular weight is 229 g/mol. The van der Waals surface area contributed by atoms with Crippen molar-refractivity contribution in [2.24, 2.45) is 0 Å². The highest BCUT2D eigenvalue weighted by molar-refractivity contribution is 5.81. The van der Waals surface area contributed by atoms with Crippen molar-refractivity contribution in [2.45, 2.75) is 26.2 Å². The van der Waals surface area contributed by atoms with Gasteiger partial charge in [0, 0.05) is 5.56 Å². The van der Waals surface area contributed by atoms with Crippen LogP contribution in [0.15, 0.2) is 35.1 Å². The number of aldehydes is 1. The summed E-state index contributed by atoms with van der Waals surface area (Å²) >= 11 is 0. The largest absolute Gasteiger partial charge is 0.440 e. The van der Waals surface area contributed by atoms with Gasteiger partial charge in [-0.2, -0.15) is 0 Å². The summed E-state index contributed by atoms with van der Waals surface area (Å²) in [5.41, 5.74) is 2.82. The molecule has 1 atom stereocenters. The second-order valence-corrected chi connectivity index (χ2v) is 4.11. The van der Waals surface area contributed by atoms with Crippen LogP contribution in [0.1, 0.15) is 42.3 Å². The number of nitrogens with zero attached hydrogens (tertiary/aromatic N) is 1. The normalized spacial score (nSPS) is 12.4. The predicted octanol–water partition coefficient (Wildman–Crippen LogP) is 3.67. The molecule has 0 saturated heterocycles. The maximum absolute atomic E-state index is 10.7. The molecule has 3 nitrogen and oxygen atoms in total. The molecule has 1 aromatic heterocycles. The highest BCUT2D eigenvalue weighted by atomic mass is 16.3. The summed E-state index contributed by atoms with van der Waals surface area (Å²) in [7, 11) is 0. The van der Waals surface area contributed by atoms with Gasteiger partial charge in [-0.15, -0.1) is 0 Å². The van der Waals surface area contributed by atoms with E-state index in [0.717, 1.165) is 12.0 Å². The minimum atomic E-state index is 0.279. The first-order valence-electron chi connectivity index (χ1n) is 5.75. The van der Waals surface area contributed by atoms with Crippen LogP contribution in [0.3, 0.4) is 0 Å². The number of carbonyl (C=O) groups excluding carboxylic acids is 1. The van der Waals surface area contributed by atoms with E-state index in [1.54, 1.807) is 0 Å². The molecule has 2 rings (SSSR count). The summed E-state index contributed by atoms with van der Waals surface area (Å²) in [6, 6.07) is 8.11. The third kappa shape index (κ3) is 2.28. The molecule has 3 heteroatoms. The van der Waals surface area contributed by atoms with Gasteiger partial charge in [-0.05, 0) is 17.9 Å². The van der Waals surface area contributed by atoms with Crippen molar-refractivity contribution in [1.82, 2.24) is 4.98 Å². The van der Waals surface area contributed by atoms with E-state index in [4.69, 9.17) is 4.42 Å². The van der Waals surface area contributed by atoms with Crippen molar-refractivity contribution in [2.75, 3.05) is 0 Å². The Morgan fingerprint density at radius 3 is 2.65 bits per heavy atom. The lowest BCUT2D eigenvalue weighted by Crippen LogP contribution is -1.91. The summed E-state index contributed by atoms with van der Waals surface area (Å²) in [5, 5.41) is 0. The van der Waals surface area contributed by atoms with Gasteiger partial charge in [0.2, 0.25) is 0 Å². The van der Waals surface area contributed by atoms with Crippen molar-refractivity contribution in [3.63, 3.8) is 0 Å². The minimum Gasteiger partial charge on any atom is -0.440 e. The molecule has 0 aliphatic rings. The molecule has 1 unspecified atom stereocenters. The molecule has 0 aliphatic heterocycles. The molecule has 0 radical (unpaired) electrons. The molecular weight excluding hydrogens is 214 g/mol. The van der Waals surface area contributed by atoms with Gasteiger partial charge >= 0.3 is 0 Å². The topological polar surface area (TPSA) is 43.1 Å². The number of aromatic nitrogens is 1. The Morgan fingerprint density at radius 2 is 2.06 bits per heavy atom. The van der Waals surface area contributed by atoms with Crippen LogP contribution in [-0.4, -0.2) is 11.3 Å². The molecule has 2 aromatic rings. The molecule has 1 aromatic carbocycles. The summed E-state index contributed by atoms with van der Waals surface area (Å²) in [6.07, 6.45) is 3.09. The maximum atomic E-state index is 10.7. The van der Waals surface area contributed by atoms with E-state index in [1.807, 2.05) is 12.1 Å². The molecule has 0 aliphatic carbocycles. The second kappa shape index (κ2) is 4.95. The van der Waals surface area contributed by atoms with Crippen molar-refractivity contribution in [3.8, 4) is 11.3 Å². The van der Waals surface area contributed by atoms with E-state index >= 15 is 0 Å². The Kier molecular flexibility index (Phi) is 3.38. The van der Waals surface area contributed by atoms with Crippen molar-refractivity contribution < 1.29 is 9.21 Å². The Hall–Kier alpha value is -1.90. The predicted molar refractivity (Wildman–Crippen MR) is 66.0 cm³/mol. The van der Waals surface area contributed by atoms with E-state index in [0.29, 0.717) is 17.9 Å². The summed E-state index contributed by atoms with van der Waals surface area (Å²) in [4.78, 5) is 14.8. The molecule has 1 heterocycles. The standard InChI is InChI=1S/C14H15NO2/c1-3-10(2)11-4-6-12(7-5-11)14-13(8-16)17-9-15-14/h4-10H,3H2,1-2H3. The van der Waals surface area contributed by atoms with Gasteiger partial charge < -0.3 is 4.42 Å². The Balaban J connectivity index is 2.32. The molecule has 0 saturated carbocycles. The zero-order valence-electron chi connectivity index (χ0n) is 10.0. The molecule has 0 N–H and O–H groups in total. The van der Waals surface area contributed by atoms with Gasteiger partial charge in [0.25, 0.3) is 0 Å². The first-order valence-corrected chi connectivity index (χ1v) is 5.75. The van der Waals surface area contributed by atoms with Crippen molar-refractivity contribution >= 4 is 6.29 Å². The van der Waals surface area contributed by atoms with Crippen LogP contribution < -0.4 is 0 Å². The number of hydrogen-bond acceptors (Lipinski definition) is 3. The Morgan fingerprint density at radius 1 is 1.35 bits per heavy atom. The maximum Gasteiger partial charge on any atom is 0.194 e. The quantitative estimate of drug-likeness (QED) is 0.751. The fraction of sp³-hybridized carbons (Fsp3) is 0.286. The lowest BCUT2D eigenvalue weighted by molar-refractivity contribution is 0.110. The molecule has 0 bridgehead atoms. The van der Waals surface area contributed by atoms with E-state index in [1.165, 1.54) is 12.0 Å². The summed E-state index contributed by atoms with van der Waals surface area (Å²) < 4.78 is 4.99. The fourth-order valence-corrected chi connectivity index (χ4v) is 1.76. The number of rotatable bonds is 4. The van der Waals surface area contributed by atoms with Crippen molar-refractivity contribution in [1.29, 1.82) is 0 Å². The molecule has 0 fully saturated rings. The van der Waals surface area contributed by atoms with Crippen LogP contribution in [0.5, 0.6) is 0 Å². The third-order valence-electron chi connectivity index (χ3n) is 3.07. The number of carbonyl (C=O) groups is 1. The summed E-state index contributed by atoms with van der Waals surface area (Å²) in [6.45, 7) is 4.36. The molecule has 0 amide bonds. The lowest BCUT2D eigenvalue weighted by Gasteiger charge is -2.08. The van der Waals surface area contributed by atoms with Crippen LogP contribution in [0.2, 0.25) is 0 Å². The molecular formula is C14H15NO2. The first-order chi connectivity index (χ1) is 8.26. The number of hydrogen-bond donors (Lipinski definition) is 0. The molecule has 0 spiro atoms. The minimum absolute atomic E-state index is 0.279. The van der Waals surface area contributed by atoms with Crippen molar-refractivity contribution in [3.05, 3.63) is 42.0 Å². The zero-order chi connectivity index (χ0) is 12.3. The number of oxazole rings is 1. The van der Waals surface area contributed by atoms with E-state index in [9.17, 15) is 4.79 Å². The fourth-order valence-electron chi connectivity index (χ4n) is 1.76. The van der Waals surface area contributed by atoms with Crippen LogP contribution in [0.4, 0.5) is 0 Å². The highest BCUT2D eigenvalue weighted by Crippen LogP contribution is 2.24. The summed E-state index contributed by atoms with van der Waals surface area (Å²) in [5.74, 6) is 0.827. The average Bonchev–Trinajstić information content (AvgIpc) is 2.86. The second-order valence-electron chi connectivity index (χ2n) is 4.11. The number of benzene rings is 1. The van der Waals surface area contributed by atoms with E-state index < -0.39 is 0 Å². The zero-order valence-corrected chi connectivity index (χ0v) is 10.0. The van der Waals surface area contributed by atoms with Crippen LogP contribution >= 0.6 is 0 Å². The van der Waals surface area contributed by atoms with Crippen LogP contribution in [0.25, 0.3) is 11.3 Å². The van der Waals surface area contributed by atoms with Gasteiger partial charge in [0.1, 0.15) is 5.69 Å². The SMILES string of the molecule is CCC(C)c1ccc(-c2ncoc2C=O)cc1. The first kappa shape index (κ1) is 11.6. The van der Waals surface area contributed by atoms with Crippen LogP contribution in [0, 0.1) is 0 Å². The van der Waals surface area contributed by atoms with E-state index in [-0.39, 0.29) is 5.76 Å². The van der Waals surface area contributed by atoms with Gasteiger partial charge in [-0.1, -0.05) is 38.1 Å². The molecule has 17 heavy (non-hydrogen) atoms. The Labute approximate surface area is 100 Å². The van der Waals surface area contributed by atoms with Gasteiger partial charge in [0.05, 0.1) is 0 Å². The Bertz CT molecular complexity index is 499. The van der Waals surface area contributed by atoms with Crippen LogP contribution in [-0.2, 0) is 0 Å². The molecule has 88 valence electrons. The monoisotopic (exact) mass is 229 g/mol. The van der Waals surface area contributed by atoms with Gasteiger partial charge in [0.15, 0.2) is 18.4 Å². The van der Waals surface area contributed by atoms with Gasteiger partial charge in [-0.3, -0.25) is 4.79 Å². The third-order valence-corrected chi connectivity index (χ3v) is 3.07. The van der Waals surface area contributed by atoms with E-state index in [2.05, 4.69) is 31.0 Å². The highest BCUT2D eigenvalue weighted by Gasteiger charge is 2.10.